The van der Waals surface area contributed by atoms with Gasteiger partial charge in [0.1, 0.15) is 11.5 Å². The second-order valence-electron chi connectivity index (χ2n) is 6.22. The predicted molar refractivity (Wildman–Crippen MR) is 102 cm³/mol. The monoisotopic (exact) mass is 365 g/mol. The molecule has 0 bridgehead atoms. The molecule has 0 radical (unpaired) electrons. The van der Waals surface area contributed by atoms with Crippen molar-refractivity contribution in [3.8, 4) is 11.5 Å². The van der Waals surface area contributed by atoms with Crippen LogP contribution >= 0.6 is 11.3 Å². The minimum absolute atomic E-state index is 0.0772. The smallest absolute Gasteiger partial charge is 0.232 e. The first-order chi connectivity index (χ1) is 12.7. The van der Waals surface area contributed by atoms with Crippen molar-refractivity contribution in [1.82, 2.24) is 5.32 Å². The Labute approximate surface area is 156 Å². The van der Waals surface area contributed by atoms with Crippen molar-refractivity contribution in [2.24, 2.45) is 0 Å². The zero-order chi connectivity index (χ0) is 17.9. The summed E-state index contributed by atoms with van der Waals surface area (Å²) in [5, 5.41) is 15.1. The van der Waals surface area contributed by atoms with Crippen LogP contribution in [0.3, 0.4) is 0 Å². The van der Waals surface area contributed by atoms with E-state index in [0.717, 1.165) is 16.0 Å². The molecule has 26 heavy (non-hydrogen) atoms. The number of aliphatic hydroxyl groups excluding tert-OH is 1. The molecule has 1 amide bonds. The molecule has 0 saturated heterocycles. The van der Waals surface area contributed by atoms with Crippen molar-refractivity contribution < 1.29 is 14.6 Å². The lowest BCUT2D eigenvalue weighted by atomic mass is 9.87. The van der Waals surface area contributed by atoms with Gasteiger partial charge >= 0.3 is 0 Å². The van der Waals surface area contributed by atoms with E-state index in [4.69, 9.17) is 4.74 Å². The van der Waals surface area contributed by atoms with Crippen molar-refractivity contribution in [1.29, 1.82) is 0 Å². The molecule has 2 N–H and O–H groups in total. The fourth-order valence-electron chi connectivity index (χ4n) is 3.25. The number of carbonyl (C=O) groups is 1. The van der Waals surface area contributed by atoms with E-state index in [9.17, 15) is 9.90 Å². The van der Waals surface area contributed by atoms with E-state index in [-0.39, 0.29) is 5.91 Å². The van der Waals surface area contributed by atoms with E-state index in [0.29, 0.717) is 24.5 Å². The van der Waals surface area contributed by atoms with Crippen LogP contribution in [0.1, 0.15) is 34.4 Å². The second kappa shape index (κ2) is 7.32. The van der Waals surface area contributed by atoms with Gasteiger partial charge in [0.25, 0.3) is 0 Å². The summed E-state index contributed by atoms with van der Waals surface area (Å²) in [6, 6.07) is 19.1. The van der Waals surface area contributed by atoms with Crippen LogP contribution in [-0.2, 0) is 4.79 Å². The molecule has 1 atom stereocenters. The van der Waals surface area contributed by atoms with E-state index in [1.807, 2.05) is 66.0 Å². The minimum Gasteiger partial charge on any atom is -0.457 e. The highest BCUT2D eigenvalue weighted by Gasteiger charge is 2.32. The van der Waals surface area contributed by atoms with Crippen molar-refractivity contribution >= 4 is 17.2 Å². The highest BCUT2D eigenvalue weighted by Crippen LogP contribution is 2.43. The summed E-state index contributed by atoms with van der Waals surface area (Å²) in [6.45, 7) is 0.416. The van der Waals surface area contributed by atoms with Crippen LogP contribution in [0.4, 0.5) is 0 Å². The van der Waals surface area contributed by atoms with Crippen molar-refractivity contribution in [2.75, 3.05) is 6.54 Å². The van der Waals surface area contributed by atoms with Crippen LogP contribution < -0.4 is 10.1 Å². The molecule has 0 spiro atoms. The topological polar surface area (TPSA) is 58.6 Å². The van der Waals surface area contributed by atoms with Gasteiger partial charge in [0, 0.05) is 22.5 Å². The molecule has 0 saturated carbocycles. The Kier molecular flexibility index (Phi) is 4.73. The predicted octanol–water partition coefficient (Wildman–Crippen LogP) is 4.23. The Morgan fingerprint density at radius 2 is 1.69 bits per heavy atom. The lowest BCUT2D eigenvalue weighted by Crippen LogP contribution is -2.32. The van der Waals surface area contributed by atoms with Gasteiger partial charge in [-0.2, -0.15) is 0 Å². The first-order valence-corrected chi connectivity index (χ1v) is 9.47. The fourth-order valence-corrected chi connectivity index (χ4v) is 4.00. The highest BCUT2D eigenvalue weighted by molar-refractivity contribution is 7.10. The number of para-hydroxylation sites is 2. The largest absolute Gasteiger partial charge is 0.457 e. The van der Waals surface area contributed by atoms with Gasteiger partial charge in [0.2, 0.25) is 5.91 Å². The fraction of sp³-hybridized carbons (Fsp3) is 0.190. The third-order valence-corrected chi connectivity index (χ3v) is 5.50. The number of ether oxygens (including phenoxy) is 1. The van der Waals surface area contributed by atoms with Gasteiger partial charge in [-0.3, -0.25) is 4.79 Å². The first kappa shape index (κ1) is 16.8. The van der Waals surface area contributed by atoms with Gasteiger partial charge in [-0.15, -0.1) is 11.3 Å². The number of nitrogens with one attached hydrogen (secondary N) is 1. The third-order valence-electron chi connectivity index (χ3n) is 4.53. The summed E-state index contributed by atoms with van der Waals surface area (Å²) in [6.07, 6.45) is -0.0664. The van der Waals surface area contributed by atoms with E-state index in [2.05, 4.69) is 5.32 Å². The summed E-state index contributed by atoms with van der Waals surface area (Å²) in [4.78, 5) is 13.9. The van der Waals surface area contributed by atoms with Gasteiger partial charge in [-0.1, -0.05) is 42.5 Å². The molecule has 2 aromatic carbocycles. The number of amides is 1. The summed E-state index contributed by atoms with van der Waals surface area (Å²) >= 11 is 1.52. The van der Waals surface area contributed by atoms with E-state index in [1.54, 1.807) is 0 Å². The molecule has 2 heterocycles. The molecule has 132 valence electrons. The van der Waals surface area contributed by atoms with Crippen LogP contribution in [0.25, 0.3) is 0 Å². The lowest BCUT2D eigenvalue weighted by Gasteiger charge is -2.27. The molecule has 3 aromatic rings. The third kappa shape index (κ3) is 3.23. The van der Waals surface area contributed by atoms with Gasteiger partial charge in [-0.05, 0) is 30.0 Å². The number of aliphatic hydroxyl groups is 1. The lowest BCUT2D eigenvalue weighted by molar-refractivity contribution is -0.121. The average molecular weight is 365 g/mol. The van der Waals surface area contributed by atoms with E-state index < -0.39 is 12.0 Å². The quantitative estimate of drug-likeness (QED) is 0.711. The van der Waals surface area contributed by atoms with Gasteiger partial charge in [0.05, 0.1) is 12.0 Å². The Morgan fingerprint density at radius 3 is 2.31 bits per heavy atom. The molecule has 4 nitrogen and oxygen atoms in total. The number of rotatable bonds is 5. The molecule has 4 rings (SSSR count). The summed E-state index contributed by atoms with van der Waals surface area (Å²) < 4.78 is 5.93. The molecular formula is C21H19NO3S. The normalized spacial score (nSPS) is 14.0. The van der Waals surface area contributed by atoms with Crippen LogP contribution in [0, 0.1) is 0 Å². The Bertz CT molecular complexity index is 862. The highest BCUT2D eigenvalue weighted by atomic mass is 32.1. The Morgan fingerprint density at radius 1 is 1.04 bits per heavy atom. The van der Waals surface area contributed by atoms with Crippen LogP contribution in [0.2, 0.25) is 0 Å². The van der Waals surface area contributed by atoms with Gasteiger partial charge in [0.15, 0.2) is 0 Å². The molecule has 5 heteroatoms. The molecule has 0 fully saturated rings. The molecule has 1 aliphatic heterocycles. The van der Waals surface area contributed by atoms with Crippen molar-refractivity contribution in [3.05, 3.63) is 82.0 Å². The Hall–Kier alpha value is -2.63. The minimum atomic E-state index is -0.551. The molecule has 1 aromatic heterocycles. The zero-order valence-corrected chi connectivity index (χ0v) is 14.9. The number of thiophene rings is 1. The number of hydrogen-bond donors (Lipinski definition) is 2. The maximum Gasteiger partial charge on any atom is 0.232 e. The molecular weight excluding hydrogens is 346 g/mol. The standard InChI is InChI=1S/C21H19NO3S/c23-16(19-10-5-13-26-19)11-12-22-21(24)20-14-6-1-3-8-17(14)25-18-9-4-2-7-15(18)20/h1-10,13,16,20,23H,11-12H2,(H,22,24)/t16-/m1/s1. The van der Waals surface area contributed by atoms with Gasteiger partial charge in [-0.25, -0.2) is 0 Å². The maximum absolute atomic E-state index is 12.9. The summed E-state index contributed by atoms with van der Waals surface area (Å²) in [5.74, 6) is 0.941. The molecule has 0 unspecified atom stereocenters. The second-order valence-corrected chi connectivity index (χ2v) is 7.20. The van der Waals surface area contributed by atoms with Crippen molar-refractivity contribution in [2.45, 2.75) is 18.4 Å². The summed E-state index contributed by atoms with van der Waals surface area (Å²) in [7, 11) is 0. The summed E-state index contributed by atoms with van der Waals surface area (Å²) in [5.41, 5.74) is 1.73. The number of hydrogen-bond acceptors (Lipinski definition) is 4. The number of carbonyl (C=O) groups excluding carboxylic acids is 1. The van der Waals surface area contributed by atoms with Crippen LogP contribution in [0.15, 0.2) is 66.0 Å². The maximum atomic E-state index is 12.9. The van der Waals surface area contributed by atoms with E-state index >= 15 is 0 Å². The SMILES string of the molecule is O=C(NCC[C@@H](O)c1cccs1)C1c2ccccc2Oc2ccccc21. The molecule has 0 aliphatic carbocycles. The van der Waals surface area contributed by atoms with Crippen molar-refractivity contribution in [3.63, 3.8) is 0 Å². The van der Waals surface area contributed by atoms with Crippen LogP contribution in [-0.4, -0.2) is 17.6 Å². The molecule has 1 aliphatic rings. The van der Waals surface area contributed by atoms with Gasteiger partial charge < -0.3 is 15.2 Å². The zero-order valence-electron chi connectivity index (χ0n) is 14.1. The Balaban J connectivity index is 1.50. The number of fused-ring (bicyclic) bond motifs is 2. The number of benzene rings is 2. The van der Waals surface area contributed by atoms with Crippen LogP contribution in [0.5, 0.6) is 11.5 Å². The first-order valence-electron chi connectivity index (χ1n) is 8.59. The average Bonchev–Trinajstić information content (AvgIpc) is 3.20. The van der Waals surface area contributed by atoms with E-state index in [1.165, 1.54) is 11.3 Å².